The lowest BCUT2D eigenvalue weighted by Crippen LogP contribution is -3.27. The largest absolute Gasteiger partial charge is 0.493 e. The lowest BCUT2D eigenvalue weighted by molar-refractivity contribution is -1.02. The van der Waals surface area contributed by atoms with E-state index in [1.165, 1.54) is 56.7 Å². The Bertz CT molecular complexity index is 667. The Hall–Kier alpha value is -2.04. The minimum Gasteiger partial charge on any atom is -0.493 e. The Balaban J connectivity index is 1.44. The van der Waals surface area contributed by atoms with Crippen LogP contribution in [-0.4, -0.2) is 46.9 Å². The number of methoxy groups -OCH3 is 2. The van der Waals surface area contributed by atoms with Gasteiger partial charge in [-0.2, -0.15) is 0 Å². The third-order valence-electron chi connectivity index (χ3n) is 5.43. The molecule has 0 amide bonds. The van der Waals surface area contributed by atoms with Gasteiger partial charge in [0.25, 0.3) is 0 Å². The van der Waals surface area contributed by atoms with Crippen LogP contribution in [0.1, 0.15) is 17.5 Å². The molecular formula is C22H32N2O2+2. The number of rotatable bonds is 8. The van der Waals surface area contributed by atoms with Crippen LogP contribution in [-0.2, 0) is 13.0 Å². The molecule has 1 fully saturated rings. The van der Waals surface area contributed by atoms with Crippen molar-refractivity contribution in [2.24, 2.45) is 0 Å². The van der Waals surface area contributed by atoms with Crippen molar-refractivity contribution in [2.75, 3.05) is 46.9 Å². The van der Waals surface area contributed by atoms with Gasteiger partial charge >= 0.3 is 0 Å². The second-order valence-electron chi connectivity index (χ2n) is 7.17. The van der Waals surface area contributed by atoms with Crippen molar-refractivity contribution in [1.82, 2.24) is 0 Å². The highest BCUT2D eigenvalue weighted by atomic mass is 16.5. The molecule has 0 spiro atoms. The van der Waals surface area contributed by atoms with E-state index in [-0.39, 0.29) is 0 Å². The first-order valence-corrected chi connectivity index (χ1v) is 9.71. The number of ether oxygens (including phenoxy) is 2. The molecule has 26 heavy (non-hydrogen) atoms. The summed E-state index contributed by atoms with van der Waals surface area (Å²) in [6.07, 6.45) is 2.47. The first-order valence-electron chi connectivity index (χ1n) is 9.71. The van der Waals surface area contributed by atoms with Gasteiger partial charge in [0.05, 0.1) is 26.3 Å². The molecule has 1 aliphatic rings. The molecule has 1 aliphatic heterocycles. The molecule has 1 heterocycles. The topological polar surface area (TPSA) is 27.3 Å². The van der Waals surface area contributed by atoms with Gasteiger partial charge in [-0.15, -0.1) is 0 Å². The summed E-state index contributed by atoms with van der Waals surface area (Å²) in [5.74, 6) is 1.72. The highest BCUT2D eigenvalue weighted by Crippen LogP contribution is 2.30. The summed E-state index contributed by atoms with van der Waals surface area (Å²) in [4.78, 5) is 3.39. The fourth-order valence-electron chi connectivity index (χ4n) is 3.93. The average Bonchev–Trinajstić information content (AvgIpc) is 2.70. The Morgan fingerprint density at radius 2 is 1.54 bits per heavy atom. The van der Waals surface area contributed by atoms with Crippen LogP contribution in [0.3, 0.4) is 0 Å². The molecule has 4 heteroatoms. The minimum absolute atomic E-state index is 0.828. The van der Waals surface area contributed by atoms with E-state index in [1.54, 1.807) is 24.0 Å². The van der Waals surface area contributed by atoms with Crippen molar-refractivity contribution >= 4 is 0 Å². The highest BCUT2D eigenvalue weighted by molar-refractivity contribution is 5.46. The number of hydrogen-bond acceptors (Lipinski definition) is 2. The molecule has 0 aromatic heterocycles. The van der Waals surface area contributed by atoms with Gasteiger partial charge in [0, 0.05) is 6.42 Å². The Labute approximate surface area is 157 Å². The zero-order valence-electron chi connectivity index (χ0n) is 16.1. The Morgan fingerprint density at radius 3 is 2.23 bits per heavy atom. The van der Waals surface area contributed by atoms with Crippen LogP contribution in [0.15, 0.2) is 48.5 Å². The molecule has 0 saturated carbocycles. The smallest absolute Gasteiger partial charge is 0.169 e. The summed E-state index contributed by atoms with van der Waals surface area (Å²) in [6, 6.07) is 17.0. The molecule has 0 aliphatic carbocycles. The molecule has 3 rings (SSSR count). The first kappa shape index (κ1) is 18.7. The van der Waals surface area contributed by atoms with E-state index in [0.717, 1.165) is 18.0 Å². The number of piperazine rings is 1. The summed E-state index contributed by atoms with van der Waals surface area (Å²) in [6.45, 7) is 7.26. The van der Waals surface area contributed by atoms with E-state index < -0.39 is 0 Å². The van der Waals surface area contributed by atoms with Crippen LogP contribution in [0.5, 0.6) is 11.5 Å². The quantitative estimate of drug-likeness (QED) is 0.726. The van der Waals surface area contributed by atoms with Gasteiger partial charge in [0.15, 0.2) is 11.5 Å². The van der Waals surface area contributed by atoms with Crippen LogP contribution in [0, 0.1) is 0 Å². The van der Waals surface area contributed by atoms with Crippen molar-refractivity contribution in [3.8, 4) is 11.5 Å². The van der Waals surface area contributed by atoms with Gasteiger partial charge < -0.3 is 19.3 Å². The predicted molar refractivity (Wildman–Crippen MR) is 104 cm³/mol. The number of nitrogens with one attached hydrogen (secondary N) is 2. The monoisotopic (exact) mass is 356 g/mol. The lowest BCUT2D eigenvalue weighted by Gasteiger charge is -2.30. The van der Waals surface area contributed by atoms with Crippen molar-refractivity contribution < 1.29 is 19.3 Å². The van der Waals surface area contributed by atoms with Gasteiger partial charge in [-0.3, -0.25) is 0 Å². The van der Waals surface area contributed by atoms with Gasteiger partial charge in [-0.25, -0.2) is 0 Å². The van der Waals surface area contributed by atoms with Crippen LogP contribution in [0.4, 0.5) is 0 Å². The van der Waals surface area contributed by atoms with Crippen LogP contribution < -0.4 is 19.3 Å². The zero-order chi connectivity index (χ0) is 18.2. The molecule has 0 unspecified atom stereocenters. The molecule has 0 radical (unpaired) electrons. The predicted octanol–water partition coefficient (Wildman–Crippen LogP) is 0.620. The number of hydrogen-bond donors (Lipinski definition) is 2. The number of quaternary nitrogens is 2. The second kappa shape index (κ2) is 9.60. The maximum Gasteiger partial charge on any atom is 0.169 e. The highest BCUT2D eigenvalue weighted by Gasteiger charge is 2.24. The molecule has 1 saturated heterocycles. The number of para-hydroxylation sites is 1. The zero-order valence-corrected chi connectivity index (χ0v) is 16.1. The van der Waals surface area contributed by atoms with E-state index in [1.807, 2.05) is 6.07 Å². The van der Waals surface area contributed by atoms with Gasteiger partial charge in [-0.1, -0.05) is 36.4 Å². The van der Waals surface area contributed by atoms with Crippen molar-refractivity contribution in [1.29, 1.82) is 0 Å². The number of benzene rings is 2. The Kier molecular flexibility index (Phi) is 6.92. The van der Waals surface area contributed by atoms with Crippen molar-refractivity contribution in [3.05, 3.63) is 59.7 Å². The summed E-state index contributed by atoms with van der Waals surface area (Å²) >= 11 is 0. The summed E-state index contributed by atoms with van der Waals surface area (Å²) < 4.78 is 11.0. The third kappa shape index (κ3) is 4.99. The van der Waals surface area contributed by atoms with Gasteiger partial charge in [0.2, 0.25) is 0 Å². The lowest BCUT2D eigenvalue weighted by atomic mass is 10.1. The molecule has 140 valence electrons. The molecule has 2 aromatic rings. The summed E-state index contributed by atoms with van der Waals surface area (Å²) in [7, 11) is 3.43. The van der Waals surface area contributed by atoms with Gasteiger partial charge in [0.1, 0.15) is 32.7 Å². The molecule has 0 bridgehead atoms. The molecular weight excluding hydrogens is 324 g/mol. The molecule has 0 atom stereocenters. The van der Waals surface area contributed by atoms with E-state index in [4.69, 9.17) is 9.47 Å². The molecule has 2 aromatic carbocycles. The van der Waals surface area contributed by atoms with E-state index >= 15 is 0 Å². The maximum absolute atomic E-state index is 5.58. The van der Waals surface area contributed by atoms with E-state index in [9.17, 15) is 0 Å². The normalized spacial score (nSPS) is 19.9. The van der Waals surface area contributed by atoms with Crippen LogP contribution in [0.2, 0.25) is 0 Å². The average molecular weight is 357 g/mol. The van der Waals surface area contributed by atoms with Crippen LogP contribution in [0.25, 0.3) is 0 Å². The summed E-state index contributed by atoms with van der Waals surface area (Å²) in [5, 5.41) is 0. The third-order valence-corrected chi connectivity index (χ3v) is 5.43. The van der Waals surface area contributed by atoms with Crippen LogP contribution >= 0.6 is 0 Å². The summed E-state index contributed by atoms with van der Waals surface area (Å²) in [5.41, 5.74) is 2.70. The first-order chi connectivity index (χ1) is 12.8. The van der Waals surface area contributed by atoms with Crippen molar-refractivity contribution in [2.45, 2.75) is 19.4 Å². The minimum atomic E-state index is 0.828. The Morgan fingerprint density at radius 1 is 0.808 bits per heavy atom. The number of aryl methyl sites for hydroxylation is 1. The van der Waals surface area contributed by atoms with Gasteiger partial charge in [-0.05, 0) is 24.1 Å². The second-order valence-corrected chi connectivity index (χ2v) is 7.17. The fraction of sp³-hybridized carbons (Fsp3) is 0.455. The SMILES string of the molecule is COc1cccc(C[NH+]2CC[NH+](CCCc3ccccc3)CC2)c1OC. The molecule has 2 N–H and O–H groups in total. The van der Waals surface area contributed by atoms with E-state index in [2.05, 4.69) is 42.5 Å². The fourth-order valence-corrected chi connectivity index (χ4v) is 3.93. The molecule has 4 nitrogen and oxygen atoms in total. The standard InChI is InChI=1S/C22H30N2O2/c1-25-21-12-6-11-20(22(21)26-2)18-24-16-14-23(15-17-24)13-7-10-19-8-4-3-5-9-19/h3-6,8-9,11-12H,7,10,13-18H2,1-2H3/p+2. The van der Waals surface area contributed by atoms with Crippen molar-refractivity contribution in [3.63, 3.8) is 0 Å². The maximum atomic E-state index is 5.58. The van der Waals surface area contributed by atoms with E-state index in [0.29, 0.717) is 0 Å².